The molecule has 1 aromatic rings. The number of sulfonamides is 1. The first-order chi connectivity index (χ1) is 7.86. The Balaban J connectivity index is 2.89. The van der Waals surface area contributed by atoms with Gasteiger partial charge >= 0.3 is 0 Å². The highest BCUT2D eigenvalue weighted by Crippen LogP contribution is 2.10. The minimum absolute atomic E-state index is 0.152. The number of likely N-dealkylation sites (N-methyl/N-ethyl adjacent to an activating group) is 1. The lowest BCUT2D eigenvalue weighted by molar-refractivity contribution is -0.121. The molecule has 1 amide bonds. The standard InChI is InChI=1S/C11H16N2O3S/c1-8-4-6-10(7-5-8)17(15,16)13-9(2)11(14)12-3/h4-7,9,13H,1-3H3,(H,12,14)/t9-/m0/s1. The molecule has 6 heteroatoms. The third-order valence-corrected chi connectivity index (χ3v) is 3.86. The Kier molecular flexibility index (Phi) is 4.25. The molecular formula is C11H16N2O3S. The molecule has 0 saturated heterocycles. The third-order valence-electron chi connectivity index (χ3n) is 2.30. The summed E-state index contributed by atoms with van der Waals surface area (Å²) in [5.41, 5.74) is 0.975. The maximum atomic E-state index is 11.9. The van der Waals surface area contributed by atoms with Crippen molar-refractivity contribution in [2.24, 2.45) is 0 Å². The van der Waals surface area contributed by atoms with E-state index in [0.717, 1.165) is 5.56 Å². The Morgan fingerprint density at radius 3 is 2.24 bits per heavy atom. The van der Waals surface area contributed by atoms with Gasteiger partial charge in [0.15, 0.2) is 0 Å². The van der Waals surface area contributed by atoms with Crippen LogP contribution in [0.4, 0.5) is 0 Å². The molecule has 0 spiro atoms. The van der Waals surface area contributed by atoms with E-state index in [9.17, 15) is 13.2 Å². The van der Waals surface area contributed by atoms with Gasteiger partial charge in [-0.1, -0.05) is 17.7 Å². The predicted molar refractivity (Wildman–Crippen MR) is 65.0 cm³/mol. The monoisotopic (exact) mass is 256 g/mol. The molecule has 0 fully saturated rings. The van der Waals surface area contributed by atoms with Gasteiger partial charge in [-0.25, -0.2) is 8.42 Å². The molecule has 0 aliphatic carbocycles. The van der Waals surface area contributed by atoms with Crippen LogP contribution >= 0.6 is 0 Å². The van der Waals surface area contributed by atoms with Crippen molar-refractivity contribution in [3.8, 4) is 0 Å². The van der Waals surface area contributed by atoms with Gasteiger partial charge < -0.3 is 5.32 Å². The summed E-state index contributed by atoms with van der Waals surface area (Å²) < 4.78 is 26.1. The van der Waals surface area contributed by atoms with Gasteiger partial charge in [-0.05, 0) is 26.0 Å². The molecule has 0 saturated carbocycles. The van der Waals surface area contributed by atoms with Crippen LogP contribution in [-0.2, 0) is 14.8 Å². The molecule has 0 unspecified atom stereocenters. The molecule has 94 valence electrons. The zero-order valence-electron chi connectivity index (χ0n) is 10.0. The molecule has 1 rings (SSSR count). The van der Waals surface area contributed by atoms with E-state index in [0.29, 0.717) is 0 Å². The highest BCUT2D eigenvalue weighted by molar-refractivity contribution is 7.89. The third kappa shape index (κ3) is 3.54. The molecule has 0 radical (unpaired) electrons. The van der Waals surface area contributed by atoms with Crippen molar-refractivity contribution in [3.05, 3.63) is 29.8 Å². The Morgan fingerprint density at radius 2 is 1.76 bits per heavy atom. The van der Waals surface area contributed by atoms with E-state index in [2.05, 4.69) is 10.0 Å². The Hall–Kier alpha value is -1.40. The summed E-state index contributed by atoms with van der Waals surface area (Å²) in [6.07, 6.45) is 0. The van der Waals surface area contributed by atoms with Gasteiger partial charge in [0.1, 0.15) is 0 Å². The van der Waals surface area contributed by atoms with Gasteiger partial charge in [-0.3, -0.25) is 4.79 Å². The van der Waals surface area contributed by atoms with Crippen LogP contribution in [0.25, 0.3) is 0 Å². The van der Waals surface area contributed by atoms with Crippen molar-refractivity contribution in [3.63, 3.8) is 0 Å². The fourth-order valence-electron chi connectivity index (χ4n) is 1.29. The molecule has 0 aromatic heterocycles. The lowest BCUT2D eigenvalue weighted by Crippen LogP contribution is -2.43. The van der Waals surface area contributed by atoms with Gasteiger partial charge in [0.25, 0.3) is 0 Å². The number of aryl methyl sites for hydroxylation is 1. The van der Waals surface area contributed by atoms with Crippen molar-refractivity contribution in [2.45, 2.75) is 24.8 Å². The zero-order valence-corrected chi connectivity index (χ0v) is 10.8. The average Bonchev–Trinajstić information content (AvgIpc) is 2.27. The topological polar surface area (TPSA) is 75.3 Å². The second-order valence-corrected chi connectivity index (χ2v) is 5.48. The highest BCUT2D eigenvalue weighted by atomic mass is 32.2. The highest BCUT2D eigenvalue weighted by Gasteiger charge is 2.20. The Labute approximate surface area is 101 Å². The maximum Gasteiger partial charge on any atom is 0.241 e. The quantitative estimate of drug-likeness (QED) is 0.819. The number of carbonyl (C=O) groups excluding carboxylic acids is 1. The van der Waals surface area contributed by atoms with Crippen LogP contribution in [0, 0.1) is 6.92 Å². The minimum atomic E-state index is -3.64. The smallest absolute Gasteiger partial charge is 0.241 e. The zero-order chi connectivity index (χ0) is 13.1. The van der Waals surface area contributed by atoms with Crippen LogP contribution in [0.15, 0.2) is 29.2 Å². The summed E-state index contributed by atoms with van der Waals surface area (Å²) in [6, 6.07) is 5.63. The number of benzene rings is 1. The predicted octanol–water partition coefficient (Wildman–Crippen LogP) is 0.408. The summed E-state index contributed by atoms with van der Waals surface area (Å²) >= 11 is 0. The second kappa shape index (κ2) is 5.29. The van der Waals surface area contributed by atoms with Gasteiger partial charge in [0, 0.05) is 7.05 Å². The Morgan fingerprint density at radius 1 is 1.24 bits per heavy atom. The first-order valence-corrected chi connectivity index (χ1v) is 6.65. The van der Waals surface area contributed by atoms with Crippen LogP contribution in [0.5, 0.6) is 0 Å². The molecule has 2 N–H and O–H groups in total. The first kappa shape index (κ1) is 13.7. The summed E-state index contributed by atoms with van der Waals surface area (Å²) in [5, 5.41) is 2.38. The van der Waals surface area contributed by atoms with Crippen LogP contribution < -0.4 is 10.0 Å². The van der Waals surface area contributed by atoms with E-state index >= 15 is 0 Å². The van der Waals surface area contributed by atoms with Gasteiger partial charge in [-0.2, -0.15) is 4.72 Å². The number of nitrogens with one attached hydrogen (secondary N) is 2. The van der Waals surface area contributed by atoms with Gasteiger partial charge in [-0.15, -0.1) is 0 Å². The molecule has 0 aliphatic heterocycles. The first-order valence-electron chi connectivity index (χ1n) is 5.17. The Bertz CT molecular complexity index is 494. The van der Waals surface area contributed by atoms with Crippen molar-refractivity contribution < 1.29 is 13.2 Å². The minimum Gasteiger partial charge on any atom is -0.358 e. The van der Waals surface area contributed by atoms with Crippen molar-refractivity contribution in [1.82, 2.24) is 10.0 Å². The fourth-order valence-corrected chi connectivity index (χ4v) is 2.49. The summed E-state index contributed by atoms with van der Waals surface area (Å²) in [5.74, 6) is -0.374. The van der Waals surface area contributed by atoms with E-state index in [-0.39, 0.29) is 10.8 Å². The normalized spacial score (nSPS) is 13.1. The molecule has 0 aliphatic rings. The van der Waals surface area contributed by atoms with E-state index in [1.807, 2.05) is 6.92 Å². The summed E-state index contributed by atoms with van der Waals surface area (Å²) in [7, 11) is -2.18. The number of amides is 1. The largest absolute Gasteiger partial charge is 0.358 e. The molecule has 1 aromatic carbocycles. The molecular weight excluding hydrogens is 240 g/mol. The van der Waals surface area contributed by atoms with E-state index < -0.39 is 16.1 Å². The number of hydrogen-bond acceptors (Lipinski definition) is 3. The van der Waals surface area contributed by atoms with Gasteiger partial charge in [0.05, 0.1) is 10.9 Å². The van der Waals surface area contributed by atoms with E-state index in [1.165, 1.54) is 26.1 Å². The van der Waals surface area contributed by atoms with Gasteiger partial charge in [0.2, 0.25) is 15.9 Å². The van der Waals surface area contributed by atoms with Crippen molar-refractivity contribution in [2.75, 3.05) is 7.05 Å². The molecule has 0 heterocycles. The number of hydrogen-bond donors (Lipinski definition) is 2. The van der Waals surface area contributed by atoms with Crippen LogP contribution in [0.1, 0.15) is 12.5 Å². The van der Waals surface area contributed by atoms with E-state index in [1.54, 1.807) is 12.1 Å². The SMILES string of the molecule is CNC(=O)[C@H](C)NS(=O)(=O)c1ccc(C)cc1. The number of rotatable bonds is 4. The lowest BCUT2D eigenvalue weighted by atomic mass is 10.2. The van der Waals surface area contributed by atoms with Crippen molar-refractivity contribution >= 4 is 15.9 Å². The maximum absolute atomic E-state index is 11.9. The molecule has 1 atom stereocenters. The van der Waals surface area contributed by atoms with Crippen LogP contribution in [0.3, 0.4) is 0 Å². The second-order valence-electron chi connectivity index (χ2n) is 3.77. The lowest BCUT2D eigenvalue weighted by Gasteiger charge is -2.12. The molecule has 0 bridgehead atoms. The number of carbonyl (C=O) groups is 1. The van der Waals surface area contributed by atoms with Crippen LogP contribution in [0.2, 0.25) is 0 Å². The van der Waals surface area contributed by atoms with Crippen molar-refractivity contribution in [1.29, 1.82) is 0 Å². The molecule has 5 nitrogen and oxygen atoms in total. The summed E-state index contributed by atoms with van der Waals surface area (Å²) in [6.45, 7) is 3.36. The van der Waals surface area contributed by atoms with E-state index in [4.69, 9.17) is 0 Å². The average molecular weight is 256 g/mol. The fraction of sp³-hybridized carbons (Fsp3) is 0.364. The summed E-state index contributed by atoms with van der Waals surface area (Å²) in [4.78, 5) is 11.4. The van der Waals surface area contributed by atoms with Crippen LogP contribution in [-0.4, -0.2) is 27.4 Å². The molecule has 17 heavy (non-hydrogen) atoms.